The number of nitrogens with one attached hydrogen (secondary N) is 2. The van der Waals surface area contributed by atoms with Crippen molar-refractivity contribution in [3.8, 4) is 0 Å². The maximum absolute atomic E-state index is 13.7. The first-order valence-electron chi connectivity index (χ1n) is 11.7. The molecule has 3 amide bonds. The number of hydrogen-bond donors (Lipinski definition) is 3. The third kappa shape index (κ3) is 4.81. The monoisotopic (exact) mass is 600 g/mol. The molecule has 0 radical (unpaired) electrons. The lowest BCUT2D eigenvalue weighted by molar-refractivity contribution is -0.121. The molecule has 0 spiro atoms. The Hall–Kier alpha value is -3.07. The number of primary amides is 1. The highest BCUT2D eigenvalue weighted by Gasteiger charge is 2.48. The van der Waals surface area contributed by atoms with Crippen molar-refractivity contribution in [2.45, 2.75) is 30.8 Å². The van der Waals surface area contributed by atoms with Crippen molar-refractivity contribution in [1.29, 1.82) is 0 Å². The summed E-state index contributed by atoms with van der Waals surface area (Å²) < 4.78 is 0.715. The van der Waals surface area contributed by atoms with E-state index in [1.54, 1.807) is 48.5 Å². The standard InChI is InChI=1S/C27H23BrCl2N4O3/c28-16-6-8-19(25(36)34-10-2-5-23(34)24(31)35)21(12-16)33-27(14-15-3-1-4-17(29)11-15)20-9-7-18(30)13-22(20)32-26(27)37/h1,3-4,6-9,11-13,23,33H,2,5,10,14H2,(H2,31,35)(H,32,37)/t23-,27?/m0/s1. The number of hydrogen-bond acceptors (Lipinski definition) is 4. The van der Waals surface area contributed by atoms with Crippen LogP contribution in [0.4, 0.5) is 11.4 Å². The predicted octanol–water partition coefficient (Wildman–Crippen LogP) is 5.35. The quantitative estimate of drug-likeness (QED) is 0.354. The summed E-state index contributed by atoms with van der Waals surface area (Å²) in [5.41, 5.74) is 7.18. The molecule has 0 bridgehead atoms. The molecule has 37 heavy (non-hydrogen) atoms. The zero-order valence-electron chi connectivity index (χ0n) is 19.6. The molecule has 0 saturated carbocycles. The lowest BCUT2D eigenvalue weighted by Gasteiger charge is -2.32. The molecule has 3 aromatic carbocycles. The number of fused-ring (bicyclic) bond motifs is 1. The Kier molecular flexibility index (Phi) is 6.91. The van der Waals surface area contributed by atoms with Crippen LogP contribution in [0.3, 0.4) is 0 Å². The van der Waals surface area contributed by atoms with Crippen molar-refractivity contribution in [2.75, 3.05) is 17.2 Å². The number of carbonyl (C=O) groups is 3. The first-order chi connectivity index (χ1) is 17.7. The van der Waals surface area contributed by atoms with Crippen molar-refractivity contribution in [3.63, 3.8) is 0 Å². The van der Waals surface area contributed by atoms with Crippen molar-refractivity contribution >= 4 is 68.2 Å². The maximum Gasteiger partial charge on any atom is 0.256 e. The van der Waals surface area contributed by atoms with E-state index in [1.807, 2.05) is 12.1 Å². The first-order valence-corrected chi connectivity index (χ1v) is 13.3. The Bertz CT molecular complexity index is 1430. The molecular weight excluding hydrogens is 579 g/mol. The van der Waals surface area contributed by atoms with Crippen LogP contribution in [0, 0.1) is 0 Å². The lowest BCUT2D eigenvalue weighted by atomic mass is 9.84. The molecular formula is C27H23BrCl2N4O3. The summed E-state index contributed by atoms with van der Waals surface area (Å²) in [6.45, 7) is 0.428. The van der Waals surface area contributed by atoms with E-state index in [4.69, 9.17) is 28.9 Å². The number of rotatable bonds is 6. The van der Waals surface area contributed by atoms with Crippen LogP contribution in [0.2, 0.25) is 10.0 Å². The molecule has 1 saturated heterocycles. The van der Waals surface area contributed by atoms with Crippen molar-refractivity contribution < 1.29 is 14.4 Å². The van der Waals surface area contributed by atoms with Gasteiger partial charge in [-0.1, -0.05) is 57.3 Å². The van der Waals surface area contributed by atoms with E-state index in [2.05, 4.69) is 26.6 Å². The number of benzene rings is 3. The Balaban J connectivity index is 1.62. The van der Waals surface area contributed by atoms with E-state index in [9.17, 15) is 14.4 Å². The molecule has 3 aromatic rings. The molecule has 190 valence electrons. The van der Waals surface area contributed by atoms with Gasteiger partial charge in [-0.05, 0) is 60.9 Å². The molecule has 2 aliphatic rings. The van der Waals surface area contributed by atoms with E-state index in [-0.39, 0.29) is 18.2 Å². The minimum absolute atomic E-state index is 0.252. The first kappa shape index (κ1) is 25.6. The van der Waals surface area contributed by atoms with Crippen molar-refractivity contribution in [1.82, 2.24) is 4.90 Å². The Morgan fingerprint density at radius 3 is 2.65 bits per heavy atom. The second-order valence-electron chi connectivity index (χ2n) is 9.23. The third-order valence-corrected chi connectivity index (χ3v) is 7.80. The molecule has 2 heterocycles. The second-order valence-corrected chi connectivity index (χ2v) is 11.0. The smallest absolute Gasteiger partial charge is 0.256 e. The highest BCUT2D eigenvalue weighted by Crippen LogP contribution is 2.43. The molecule has 2 aliphatic heterocycles. The van der Waals surface area contributed by atoms with Crippen LogP contribution in [-0.4, -0.2) is 35.2 Å². The summed E-state index contributed by atoms with van der Waals surface area (Å²) in [7, 11) is 0. The van der Waals surface area contributed by atoms with Gasteiger partial charge in [-0.25, -0.2) is 0 Å². The summed E-state index contributed by atoms with van der Waals surface area (Å²) >= 11 is 16.0. The minimum Gasteiger partial charge on any atom is -0.368 e. The molecule has 10 heteroatoms. The van der Waals surface area contributed by atoms with E-state index < -0.39 is 17.5 Å². The summed E-state index contributed by atoms with van der Waals surface area (Å²) in [6.07, 6.45) is 1.46. The van der Waals surface area contributed by atoms with Gasteiger partial charge in [0.05, 0.1) is 5.56 Å². The van der Waals surface area contributed by atoms with Crippen LogP contribution >= 0.6 is 39.1 Å². The Morgan fingerprint density at radius 1 is 1.11 bits per heavy atom. The zero-order chi connectivity index (χ0) is 26.3. The summed E-state index contributed by atoms with van der Waals surface area (Å²) in [6, 6.07) is 17.0. The normalized spacial score (nSPS) is 20.5. The van der Waals surface area contributed by atoms with E-state index in [0.29, 0.717) is 56.4 Å². The van der Waals surface area contributed by atoms with E-state index in [0.717, 1.165) is 5.56 Å². The Labute approximate surface area is 232 Å². The van der Waals surface area contributed by atoms with Crippen molar-refractivity contribution in [3.05, 3.63) is 91.9 Å². The molecule has 1 unspecified atom stereocenters. The highest BCUT2D eigenvalue weighted by molar-refractivity contribution is 9.10. The van der Waals surface area contributed by atoms with Gasteiger partial charge in [-0.15, -0.1) is 0 Å². The average molecular weight is 602 g/mol. The topological polar surface area (TPSA) is 105 Å². The fraction of sp³-hybridized carbons (Fsp3) is 0.222. The average Bonchev–Trinajstić information content (AvgIpc) is 3.42. The number of halogens is 3. The van der Waals surface area contributed by atoms with Crippen molar-refractivity contribution in [2.24, 2.45) is 5.73 Å². The lowest BCUT2D eigenvalue weighted by Crippen LogP contribution is -2.46. The van der Waals surface area contributed by atoms with Crippen LogP contribution in [0.15, 0.2) is 65.1 Å². The zero-order valence-corrected chi connectivity index (χ0v) is 22.7. The maximum atomic E-state index is 13.7. The molecule has 1 fully saturated rings. The van der Waals surface area contributed by atoms with Crippen LogP contribution in [0.25, 0.3) is 0 Å². The molecule has 5 rings (SSSR count). The molecule has 2 atom stereocenters. The van der Waals surface area contributed by atoms with E-state index in [1.165, 1.54) is 4.90 Å². The molecule has 4 N–H and O–H groups in total. The van der Waals surface area contributed by atoms with Crippen LogP contribution in [0.5, 0.6) is 0 Å². The number of likely N-dealkylation sites (tertiary alicyclic amines) is 1. The fourth-order valence-corrected chi connectivity index (χ4v) is 5.88. The van der Waals surface area contributed by atoms with Gasteiger partial charge in [0.2, 0.25) is 5.91 Å². The molecule has 0 aromatic heterocycles. The van der Waals surface area contributed by atoms with Crippen LogP contribution < -0.4 is 16.4 Å². The largest absolute Gasteiger partial charge is 0.368 e. The van der Waals surface area contributed by atoms with Gasteiger partial charge in [0.15, 0.2) is 0 Å². The summed E-state index contributed by atoms with van der Waals surface area (Å²) in [5, 5.41) is 7.39. The summed E-state index contributed by atoms with van der Waals surface area (Å²) in [5.74, 6) is -1.15. The van der Waals surface area contributed by atoms with Gasteiger partial charge in [0.1, 0.15) is 11.6 Å². The SMILES string of the molecule is NC(=O)[C@@H]1CCCN1C(=O)c1ccc(Br)cc1NC1(Cc2cccc(Cl)c2)C(=O)Nc2cc(Cl)ccc21. The predicted molar refractivity (Wildman–Crippen MR) is 148 cm³/mol. The second kappa shape index (κ2) is 10.0. The van der Waals surface area contributed by atoms with Gasteiger partial charge >= 0.3 is 0 Å². The van der Waals surface area contributed by atoms with Gasteiger partial charge in [0.25, 0.3) is 11.8 Å². The number of carbonyl (C=O) groups excluding carboxylic acids is 3. The van der Waals surface area contributed by atoms with Gasteiger partial charge < -0.3 is 21.3 Å². The van der Waals surface area contributed by atoms with Crippen LogP contribution in [-0.2, 0) is 21.5 Å². The van der Waals surface area contributed by atoms with Crippen LogP contribution in [0.1, 0.15) is 34.3 Å². The van der Waals surface area contributed by atoms with Gasteiger partial charge in [-0.3, -0.25) is 14.4 Å². The molecule has 0 aliphatic carbocycles. The number of nitrogens with zero attached hydrogens (tertiary/aromatic N) is 1. The minimum atomic E-state index is -1.27. The third-order valence-electron chi connectivity index (χ3n) is 6.84. The van der Waals surface area contributed by atoms with Gasteiger partial charge in [0, 0.05) is 44.4 Å². The van der Waals surface area contributed by atoms with E-state index >= 15 is 0 Å². The fourth-order valence-electron chi connectivity index (χ4n) is 5.14. The van der Waals surface area contributed by atoms with Gasteiger partial charge in [-0.2, -0.15) is 0 Å². The summed E-state index contributed by atoms with van der Waals surface area (Å²) in [4.78, 5) is 40.9. The number of anilines is 2. The highest BCUT2D eigenvalue weighted by atomic mass is 79.9. The number of nitrogens with two attached hydrogens (primary N) is 1. The molecule has 7 nitrogen and oxygen atoms in total. The Morgan fingerprint density at radius 2 is 1.89 bits per heavy atom. The number of amides is 3.